The lowest BCUT2D eigenvalue weighted by atomic mass is 10.1. The van der Waals surface area contributed by atoms with Crippen LogP contribution in [-0.4, -0.2) is 34.5 Å². The highest BCUT2D eigenvalue weighted by molar-refractivity contribution is 7.80. The molecule has 0 saturated carbocycles. The van der Waals surface area contributed by atoms with E-state index in [9.17, 15) is 4.79 Å². The Morgan fingerprint density at radius 1 is 1.19 bits per heavy atom. The Labute approximate surface area is 185 Å². The molecule has 7 nitrogen and oxygen atoms in total. The standard InChI is InChI=1S/C23H22N4O3S/c1-3-30-19-8-6-18(7-9-19)27-22(28)20(25-23(27)31)14-16-5-10-21(29-2)17(13-16)15-26-12-4-11-24-26/h4-14H,3,15H2,1-2H3,(H,25,31)/b20-14+. The van der Waals surface area contributed by atoms with Gasteiger partial charge in [-0.1, -0.05) is 6.07 Å². The van der Waals surface area contributed by atoms with Crippen LogP contribution in [-0.2, 0) is 11.3 Å². The first-order chi connectivity index (χ1) is 15.1. The highest BCUT2D eigenvalue weighted by Crippen LogP contribution is 2.26. The molecular weight excluding hydrogens is 412 g/mol. The maximum absolute atomic E-state index is 13.0. The fourth-order valence-electron chi connectivity index (χ4n) is 3.37. The molecule has 31 heavy (non-hydrogen) atoms. The van der Waals surface area contributed by atoms with E-state index in [1.165, 1.54) is 4.90 Å². The van der Waals surface area contributed by atoms with E-state index in [1.54, 1.807) is 19.4 Å². The molecule has 1 aromatic heterocycles. The lowest BCUT2D eigenvalue weighted by Gasteiger charge is -2.14. The topological polar surface area (TPSA) is 68.6 Å². The molecule has 8 heteroatoms. The molecule has 1 amide bonds. The van der Waals surface area contributed by atoms with Crippen LogP contribution in [0.4, 0.5) is 5.69 Å². The fraction of sp³-hybridized carbons (Fsp3) is 0.174. The molecule has 1 saturated heterocycles. The van der Waals surface area contributed by atoms with Crippen LogP contribution < -0.4 is 19.7 Å². The third kappa shape index (κ3) is 4.44. The van der Waals surface area contributed by atoms with Crippen LogP contribution in [0.15, 0.2) is 66.6 Å². The number of ether oxygens (including phenoxy) is 2. The zero-order valence-electron chi connectivity index (χ0n) is 17.2. The maximum Gasteiger partial charge on any atom is 0.281 e. The van der Waals surface area contributed by atoms with Gasteiger partial charge in [0.15, 0.2) is 5.11 Å². The molecule has 3 aromatic rings. The number of hydrogen-bond acceptors (Lipinski definition) is 5. The number of benzene rings is 2. The SMILES string of the molecule is CCOc1ccc(N2C(=O)/C(=C\c3ccc(OC)c(Cn4cccn4)c3)NC2=S)cc1. The summed E-state index contributed by atoms with van der Waals surface area (Å²) in [6.07, 6.45) is 5.41. The summed E-state index contributed by atoms with van der Waals surface area (Å²) in [4.78, 5) is 14.5. The summed E-state index contributed by atoms with van der Waals surface area (Å²) < 4.78 is 12.8. The zero-order chi connectivity index (χ0) is 21.8. The summed E-state index contributed by atoms with van der Waals surface area (Å²) >= 11 is 5.41. The minimum absolute atomic E-state index is 0.210. The van der Waals surface area contributed by atoms with Gasteiger partial charge in [-0.25, -0.2) is 0 Å². The lowest BCUT2D eigenvalue weighted by molar-refractivity contribution is -0.113. The monoisotopic (exact) mass is 434 g/mol. The molecule has 2 aromatic carbocycles. The fourth-order valence-corrected chi connectivity index (χ4v) is 3.67. The molecule has 1 N–H and O–H groups in total. The first kappa shape index (κ1) is 20.6. The van der Waals surface area contributed by atoms with Crippen molar-refractivity contribution >= 4 is 35.0 Å². The average Bonchev–Trinajstić information content (AvgIpc) is 3.37. The number of carbonyl (C=O) groups excluding carboxylic acids is 1. The van der Waals surface area contributed by atoms with Gasteiger partial charge in [-0.05, 0) is 73.2 Å². The summed E-state index contributed by atoms with van der Waals surface area (Å²) in [5, 5.41) is 7.61. The van der Waals surface area contributed by atoms with Crippen molar-refractivity contribution in [1.29, 1.82) is 0 Å². The number of hydrogen-bond donors (Lipinski definition) is 1. The average molecular weight is 435 g/mol. The molecule has 1 aliphatic heterocycles. The molecule has 0 aliphatic carbocycles. The lowest BCUT2D eigenvalue weighted by Crippen LogP contribution is -2.30. The number of carbonyl (C=O) groups is 1. The van der Waals surface area contributed by atoms with Crippen LogP contribution in [0.1, 0.15) is 18.1 Å². The molecule has 0 unspecified atom stereocenters. The predicted octanol–water partition coefficient (Wildman–Crippen LogP) is 3.60. The number of nitrogens with one attached hydrogen (secondary N) is 1. The third-order valence-corrected chi connectivity index (χ3v) is 5.08. The number of methoxy groups -OCH3 is 1. The summed E-state index contributed by atoms with van der Waals surface area (Å²) in [6, 6.07) is 14.9. The van der Waals surface area contributed by atoms with Crippen molar-refractivity contribution in [2.75, 3.05) is 18.6 Å². The predicted molar refractivity (Wildman–Crippen MR) is 123 cm³/mol. The second-order valence-electron chi connectivity index (χ2n) is 6.83. The van der Waals surface area contributed by atoms with Crippen LogP contribution in [0.25, 0.3) is 6.08 Å². The second kappa shape index (κ2) is 9.01. The highest BCUT2D eigenvalue weighted by Gasteiger charge is 2.32. The zero-order valence-corrected chi connectivity index (χ0v) is 18.1. The van der Waals surface area contributed by atoms with Crippen LogP contribution in [0, 0.1) is 0 Å². The van der Waals surface area contributed by atoms with Crippen molar-refractivity contribution < 1.29 is 14.3 Å². The number of amides is 1. The van der Waals surface area contributed by atoms with E-state index in [0.717, 1.165) is 22.6 Å². The first-order valence-electron chi connectivity index (χ1n) is 9.83. The number of rotatable bonds is 7. The Hall–Kier alpha value is -3.65. The maximum atomic E-state index is 13.0. The van der Waals surface area contributed by atoms with Crippen LogP contribution in [0.5, 0.6) is 11.5 Å². The normalized spacial score (nSPS) is 14.8. The molecular formula is C23H22N4O3S. The molecule has 0 spiro atoms. The van der Waals surface area contributed by atoms with Crippen molar-refractivity contribution in [2.24, 2.45) is 0 Å². The highest BCUT2D eigenvalue weighted by atomic mass is 32.1. The summed E-state index contributed by atoms with van der Waals surface area (Å²) in [5.41, 5.74) is 2.91. The van der Waals surface area contributed by atoms with Gasteiger partial charge in [-0.15, -0.1) is 0 Å². The van der Waals surface area contributed by atoms with Gasteiger partial charge >= 0.3 is 0 Å². The van der Waals surface area contributed by atoms with E-state index >= 15 is 0 Å². The van der Waals surface area contributed by atoms with Crippen molar-refractivity contribution in [3.05, 3.63) is 77.7 Å². The van der Waals surface area contributed by atoms with Crippen molar-refractivity contribution in [1.82, 2.24) is 15.1 Å². The number of nitrogens with zero attached hydrogens (tertiary/aromatic N) is 3. The number of aromatic nitrogens is 2. The van der Waals surface area contributed by atoms with Gasteiger partial charge in [0.2, 0.25) is 0 Å². The molecule has 158 valence electrons. The summed E-state index contributed by atoms with van der Waals surface area (Å²) in [6.45, 7) is 3.07. The molecule has 1 aliphatic rings. The molecule has 4 rings (SSSR count). The molecule has 1 fully saturated rings. The van der Waals surface area contributed by atoms with Gasteiger partial charge in [0.05, 0.1) is 25.9 Å². The summed E-state index contributed by atoms with van der Waals surface area (Å²) in [5.74, 6) is 1.30. The minimum Gasteiger partial charge on any atom is -0.496 e. The van der Waals surface area contributed by atoms with Gasteiger partial charge < -0.3 is 14.8 Å². The third-order valence-electron chi connectivity index (χ3n) is 4.79. The Kier molecular flexibility index (Phi) is 5.99. The molecule has 0 bridgehead atoms. The number of thiocarbonyl (C=S) groups is 1. The Morgan fingerprint density at radius 3 is 2.68 bits per heavy atom. The van der Waals surface area contributed by atoms with E-state index in [-0.39, 0.29) is 5.91 Å². The van der Waals surface area contributed by atoms with E-state index < -0.39 is 0 Å². The molecule has 2 heterocycles. The number of anilines is 1. The molecule has 0 radical (unpaired) electrons. The van der Waals surface area contributed by atoms with Crippen LogP contribution in [0.3, 0.4) is 0 Å². The second-order valence-corrected chi connectivity index (χ2v) is 7.22. The first-order valence-corrected chi connectivity index (χ1v) is 10.2. The van der Waals surface area contributed by atoms with Gasteiger partial charge in [-0.2, -0.15) is 5.10 Å². The summed E-state index contributed by atoms with van der Waals surface area (Å²) in [7, 11) is 1.63. The Balaban J connectivity index is 1.59. The van der Waals surface area contributed by atoms with Crippen molar-refractivity contribution in [3.63, 3.8) is 0 Å². The van der Waals surface area contributed by atoms with Gasteiger partial charge in [-0.3, -0.25) is 14.4 Å². The van der Waals surface area contributed by atoms with Crippen LogP contribution >= 0.6 is 12.2 Å². The van der Waals surface area contributed by atoms with Gasteiger partial charge in [0.1, 0.15) is 17.2 Å². The smallest absolute Gasteiger partial charge is 0.281 e. The largest absolute Gasteiger partial charge is 0.496 e. The van der Waals surface area contributed by atoms with Crippen molar-refractivity contribution in [3.8, 4) is 11.5 Å². The van der Waals surface area contributed by atoms with E-state index in [1.807, 2.05) is 66.3 Å². The van der Waals surface area contributed by atoms with Crippen LogP contribution in [0.2, 0.25) is 0 Å². The minimum atomic E-state index is -0.210. The van der Waals surface area contributed by atoms with Gasteiger partial charge in [0.25, 0.3) is 5.91 Å². The molecule has 0 atom stereocenters. The van der Waals surface area contributed by atoms with E-state index in [4.69, 9.17) is 21.7 Å². The van der Waals surface area contributed by atoms with Crippen molar-refractivity contribution in [2.45, 2.75) is 13.5 Å². The Bertz CT molecular complexity index is 1120. The quantitative estimate of drug-likeness (QED) is 0.453. The van der Waals surface area contributed by atoms with E-state index in [2.05, 4.69) is 10.4 Å². The van der Waals surface area contributed by atoms with Gasteiger partial charge in [0, 0.05) is 18.0 Å². The Morgan fingerprint density at radius 2 is 2.00 bits per heavy atom. The van der Waals surface area contributed by atoms with E-state index in [0.29, 0.717) is 29.6 Å².